The first kappa shape index (κ1) is 16.3. The van der Waals surface area contributed by atoms with Crippen LogP contribution in [0.15, 0.2) is 17.4 Å². The molecule has 0 bridgehead atoms. The Balaban J connectivity index is 2.37. The van der Waals surface area contributed by atoms with Crippen LogP contribution in [0.3, 0.4) is 0 Å². The van der Waals surface area contributed by atoms with Crippen molar-refractivity contribution in [2.75, 3.05) is 12.4 Å². The van der Waals surface area contributed by atoms with Crippen LogP contribution in [0.4, 0.5) is 0 Å². The summed E-state index contributed by atoms with van der Waals surface area (Å²) in [7, 11) is 0. The van der Waals surface area contributed by atoms with Gasteiger partial charge in [-0.15, -0.1) is 11.8 Å². The van der Waals surface area contributed by atoms with E-state index in [0.717, 1.165) is 34.2 Å². The molecule has 0 spiro atoms. The highest BCUT2D eigenvalue weighted by Gasteiger charge is 2.14. The highest BCUT2D eigenvalue weighted by atomic mass is 32.2. The number of hydrogen-bond acceptors (Lipinski definition) is 6. The second-order valence-electron chi connectivity index (χ2n) is 4.94. The van der Waals surface area contributed by atoms with Crippen molar-refractivity contribution in [3.63, 3.8) is 0 Å². The van der Waals surface area contributed by atoms with Crippen molar-refractivity contribution in [2.45, 2.75) is 32.4 Å². The lowest BCUT2D eigenvalue weighted by molar-refractivity contribution is 0.826. The van der Waals surface area contributed by atoms with Crippen LogP contribution in [0, 0.1) is 13.8 Å². The quantitative estimate of drug-likeness (QED) is 0.504. The monoisotopic (exact) mass is 323 g/mol. The zero-order valence-corrected chi connectivity index (χ0v) is 14.3. The Morgan fingerprint density at radius 3 is 2.86 bits per heavy atom. The smallest absolute Gasteiger partial charge is 0.159 e. The van der Waals surface area contributed by atoms with E-state index in [-0.39, 0.29) is 0 Å². The first-order valence-corrected chi connectivity index (χ1v) is 8.41. The van der Waals surface area contributed by atoms with Crippen LogP contribution in [-0.2, 0) is 0 Å². The third-order valence-electron chi connectivity index (χ3n) is 3.05. The molecule has 0 fully saturated rings. The molecular formula is C14H21N5S2. The van der Waals surface area contributed by atoms with Gasteiger partial charge in [-0.05, 0) is 26.8 Å². The van der Waals surface area contributed by atoms with Crippen molar-refractivity contribution in [1.82, 2.24) is 14.4 Å². The van der Waals surface area contributed by atoms with E-state index in [1.165, 1.54) is 0 Å². The molecule has 0 saturated heterocycles. The molecule has 1 atom stereocenters. The maximum Gasteiger partial charge on any atom is 0.159 e. The van der Waals surface area contributed by atoms with E-state index in [0.29, 0.717) is 17.7 Å². The van der Waals surface area contributed by atoms with Gasteiger partial charge in [-0.25, -0.2) is 4.98 Å². The summed E-state index contributed by atoms with van der Waals surface area (Å²) in [6, 6.07) is 0. The number of nitrogens with two attached hydrogens (primary N) is 1. The van der Waals surface area contributed by atoms with Gasteiger partial charge >= 0.3 is 0 Å². The predicted molar refractivity (Wildman–Crippen MR) is 93.6 cm³/mol. The second kappa shape index (κ2) is 7.29. The third kappa shape index (κ3) is 3.99. The molecule has 0 aliphatic rings. The van der Waals surface area contributed by atoms with Gasteiger partial charge in [0, 0.05) is 17.6 Å². The molecule has 0 radical (unpaired) electrons. The van der Waals surface area contributed by atoms with E-state index in [2.05, 4.69) is 34.5 Å². The number of nitrogens with zero attached hydrogens (tertiary/aromatic N) is 4. The second-order valence-corrected chi connectivity index (χ2v) is 6.65. The SMILES string of the molecule is Cc1cn2cc(C(=NCS)SC(C)CCN)nc2c(C)n1. The van der Waals surface area contributed by atoms with Gasteiger partial charge in [0.05, 0.1) is 17.3 Å². The molecular weight excluding hydrogens is 302 g/mol. The van der Waals surface area contributed by atoms with E-state index in [1.54, 1.807) is 11.8 Å². The Bertz CT molecular complexity index is 650. The van der Waals surface area contributed by atoms with Crippen molar-refractivity contribution in [1.29, 1.82) is 0 Å². The molecule has 0 saturated carbocycles. The van der Waals surface area contributed by atoms with Crippen molar-refractivity contribution < 1.29 is 0 Å². The number of thiol groups is 1. The molecule has 114 valence electrons. The fourth-order valence-corrected chi connectivity index (χ4v) is 3.36. The highest BCUT2D eigenvalue weighted by molar-refractivity contribution is 8.14. The van der Waals surface area contributed by atoms with Crippen LogP contribution < -0.4 is 5.73 Å². The van der Waals surface area contributed by atoms with Crippen LogP contribution in [0.25, 0.3) is 5.65 Å². The lowest BCUT2D eigenvalue weighted by Crippen LogP contribution is -2.10. The Labute approximate surface area is 134 Å². The summed E-state index contributed by atoms with van der Waals surface area (Å²) >= 11 is 5.91. The molecule has 5 nitrogen and oxygen atoms in total. The summed E-state index contributed by atoms with van der Waals surface area (Å²) in [4.78, 5) is 13.6. The fraction of sp³-hybridized carbons (Fsp3) is 0.500. The van der Waals surface area contributed by atoms with Gasteiger partial charge in [0.25, 0.3) is 0 Å². The number of aliphatic imine (C=N–C) groups is 1. The highest BCUT2D eigenvalue weighted by Crippen LogP contribution is 2.22. The average Bonchev–Trinajstić information content (AvgIpc) is 2.82. The average molecular weight is 323 g/mol. The molecule has 2 heterocycles. The Kier molecular flexibility index (Phi) is 5.66. The summed E-state index contributed by atoms with van der Waals surface area (Å²) < 4.78 is 2.01. The van der Waals surface area contributed by atoms with Crippen LogP contribution in [0.2, 0.25) is 0 Å². The molecule has 2 rings (SSSR count). The summed E-state index contributed by atoms with van der Waals surface area (Å²) in [6.45, 7) is 6.78. The number of hydrogen-bond donors (Lipinski definition) is 2. The molecule has 2 aromatic rings. The number of imidazole rings is 1. The first-order valence-electron chi connectivity index (χ1n) is 6.90. The van der Waals surface area contributed by atoms with Gasteiger partial charge in [-0.3, -0.25) is 9.98 Å². The number of aromatic nitrogens is 3. The number of aryl methyl sites for hydroxylation is 2. The van der Waals surface area contributed by atoms with Gasteiger partial charge in [-0.2, -0.15) is 12.6 Å². The van der Waals surface area contributed by atoms with Gasteiger partial charge in [0.2, 0.25) is 0 Å². The molecule has 2 N–H and O–H groups in total. The lowest BCUT2D eigenvalue weighted by atomic mass is 10.3. The largest absolute Gasteiger partial charge is 0.330 e. The van der Waals surface area contributed by atoms with E-state index >= 15 is 0 Å². The van der Waals surface area contributed by atoms with Gasteiger partial charge in [0.1, 0.15) is 10.7 Å². The van der Waals surface area contributed by atoms with Crippen molar-refractivity contribution in [3.8, 4) is 0 Å². The number of fused-ring (bicyclic) bond motifs is 1. The molecule has 2 aromatic heterocycles. The van der Waals surface area contributed by atoms with Gasteiger partial charge < -0.3 is 10.1 Å². The van der Waals surface area contributed by atoms with Gasteiger partial charge in [0.15, 0.2) is 5.65 Å². The Morgan fingerprint density at radius 1 is 1.43 bits per heavy atom. The van der Waals surface area contributed by atoms with Crippen LogP contribution in [-0.4, -0.2) is 37.1 Å². The minimum absolute atomic E-state index is 0.402. The summed E-state index contributed by atoms with van der Waals surface area (Å²) in [5.41, 5.74) is 9.25. The van der Waals surface area contributed by atoms with Crippen molar-refractivity contribution in [3.05, 3.63) is 29.5 Å². The zero-order chi connectivity index (χ0) is 15.4. The van der Waals surface area contributed by atoms with Crippen LogP contribution in [0.1, 0.15) is 30.4 Å². The van der Waals surface area contributed by atoms with Crippen molar-refractivity contribution >= 4 is 35.1 Å². The standard InChI is InChI=1S/C14H21N5S2/c1-9-6-19-7-12(18-13(19)11(3)17-9)14(16-8-20)21-10(2)4-5-15/h6-7,10,20H,4-5,8,15H2,1-3H3. The van der Waals surface area contributed by atoms with E-state index in [1.807, 2.05) is 30.6 Å². The Morgan fingerprint density at radius 2 is 2.19 bits per heavy atom. The van der Waals surface area contributed by atoms with Gasteiger partial charge in [-0.1, -0.05) is 6.92 Å². The minimum Gasteiger partial charge on any atom is -0.330 e. The van der Waals surface area contributed by atoms with E-state index < -0.39 is 0 Å². The summed E-state index contributed by atoms with van der Waals surface area (Å²) in [6.07, 6.45) is 4.93. The molecule has 0 aromatic carbocycles. The molecule has 0 aliphatic heterocycles. The minimum atomic E-state index is 0.402. The molecule has 0 aliphatic carbocycles. The topological polar surface area (TPSA) is 68.6 Å². The summed E-state index contributed by atoms with van der Waals surface area (Å²) in [5, 5.41) is 1.31. The Hall–Kier alpha value is -1.05. The fourth-order valence-electron chi connectivity index (χ4n) is 2.13. The third-order valence-corrected chi connectivity index (χ3v) is 4.39. The maximum atomic E-state index is 5.62. The molecule has 1 unspecified atom stereocenters. The van der Waals surface area contributed by atoms with Crippen molar-refractivity contribution in [2.24, 2.45) is 10.7 Å². The normalized spacial score (nSPS) is 13.9. The van der Waals surface area contributed by atoms with E-state index in [4.69, 9.17) is 5.73 Å². The number of rotatable bonds is 5. The lowest BCUT2D eigenvalue weighted by Gasteiger charge is -2.10. The predicted octanol–water partition coefficient (Wildman–Crippen LogP) is 2.45. The zero-order valence-electron chi connectivity index (χ0n) is 12.6. The van der Waals surface area contributed by atoms with Crippen LogP contribution >= 0.6 is 24.4 Å². The van der Waals surface area contributed by atoms with E-state index in [9.17, 15) is 0 Å². The number of thioether (sulfide) groups is 1. The summed E-state index contributed by atoms with van der Waals surface area (Å²) in [5.74, 6) is 0.446. The molecule has 0 amide bonds. The molecule has 7 heteroatoms. The molecule has 21 heavy (non-hydrogen) atoms. The van der Waals surface area contributed by atoms with Crippen LogP contribution in [0.5, 0.6) is 0 Å². The first-order chi connectivity index (χ1) is 10.0. The maximum absolute atomic E-state index is 5.62.